The fraction of sp³-hybridized carbons (Fsp3) is 0.364. The number of benzene rings is 2. The van der Waals surface area contributed by atoms with E-state index in [9.17, 15) is 33.9 Å². The van der Waals surface area contributed by atoms with Crippen molar-refractivity contribution in [3.63, 3.8) is 0 Å². The number of carbonyl (C=O) groups excluding carboxylic acids is 5. The molecular formula is C33H42N8O8. The highest BCUT2D eigenvalue weighted by atomic mass is 16.4. The molecule has 262 valence electrons. The molecule has 0 bridgehead atoms. The third-order valence-corrected chi connectivity index (χ3v) is 7.37. The van der Waals surface area contributed by atoms with E-state index in [1.165, 1.54) is 45.0 Å². The SMILES string of the molecule is CC(=O)NC(Cc1ccc(O)cc1)C(=O)NC(C)C(=O)NC(C)C(=O)NC(CCCN=C(N)N)C(=O)Nc1ccc2c(C)cc(=O)oc2c1. The Kier molecular flexibility index (Phi) is 13.2. The molecule has 16 nitrogen and oxygen atoms in total. The van der Waals surface area contributed by atoms with Gasteiger partial charge < -0.3 is 47.6 Å². The summed E-state index contributed by atoms with van der Waals surface area (Å²) in [6.45, 7) is 6.03. The molecule has 4 atom stereocenters. The van der Waals surface area contributed by atoms with Crippen LogP contribution in [-0.2, 0) is 30.4 Å². The normalized spacial score (nSPS) is 13.2. The van der Waals surface area contributed by atoms with Gasteiger partial charge in [0.1, 0.15) is 35.5 Å². The first kappa shape index (κ1) is 37.5. The Morgan fingerprint density at radius 1 is 0.837 bits per heavy atom. The predicted octanol–water partition coefficient (Wildman–Crippen LogP) is 0.0407. The van der Waals surface area contributed by atoms with Crippen molar-refractivity contribution in [3.05, 3.63) is 70.1 Å². The standard InChI is InChI=1S/C33H42N8O8/c1-17-14-28(44)49-27-16-22(9-12-24(17)27)40-31(47)25(6-5-13-36-33(34)35)41-30(46)19(3)37-29(45)18(2)38-32(48)26(39-20(4)42)15-21-7-10-23(43)11-8-21/h7-12,14,16,18-19,25-26,43H,5-6,13,15H2,1-4H3,(H,37,45)(H,38,48)(H,39,42)(H,40,47)(H,41,46)(H4,34,35,36). The van der Waals surface area contributed by atoms with E-state index in [2.05, 4.69) is 31.6 Å². The van der Waals surface area contributed by atoms with E-state index in [1.54, 1.807) is 31.2 Å². The van der Waals surface area contributed by atoms with Crippen LogP contribution in [0.5, 0.6) is 5.75 Å². The van der Waals surface area contributed by atoms with E-state index >= 15 is 0 Å². The zero-order valence-corrected chi connectivity index (χ0v) is 27.7. The summed E-state index contributed by atoms with van der Waals surface area (Å²) in [4.78, 5) is 79.9. The maximum atomic E-state index is 13.3. The van der Waals surface area contributed by atoms with Crippen molar-refractivity contribution < 1.29 is 33.5 Å². The van der Waals surface area contributed by atoms with Gasteiger partial charge in [0.25, 0.3) is 0 Å². The van der Waals surface area contributed by atoms with Crippen molar-refractivity contribution in [2.24, 2.45) is 16.5 Å². The summed E-state index contributed by atoms with van der Waals surface area (Å²) in [5, 5.41) is 23.2. The predicted molar refractivity (Wildman–Crippen MR) is 182 cm³/mol. The number of nitrogens with zero attached hydrogens (tertiary/aromatic N) is 1. The van der Waals surface area contributed by atoms with Crippen molar-refractivity contribution in [2.75, 3.05) is 11.9 Å². The molecule has 0 spiro atoms. The molecule has 0 radical (unpaired) electrons. The van der Waals surface area contributed by atoms with Crippen LogP contribution in [0.1, 0.15) is 44.7 Å². The van der Waals surface area contributed by atoms with E-state index < -0.39 is 59.3 Å². The molecule has 5 amide bonds. The summed E-state index contributed by atoms with van der Waals surface area (Å²) in [5.74, 6) is -3.13. The minimum absolute atomic E-state index is 0.0433. The summed E-state index contributed by atoms with van der Waals surface area (Å²) in [6.07, 6.45) is 0.555. The molecule has 16 heteroatoms. The van der Waals surface area contributed by atoms with Crippen molar-refractivity contribution in [1.29, 1.82) is 0 Å². The summed E-state index contributed by atoms with van der Waals surface area (Å²) in [7, 11) is 0. The molecule has 10 N–H and O–H groups in total. The first-order valence-electron chi connectivity index (χ1n) is 15.5. The molecule has 0 fully saturated rings. The van der Waals surface area contributed by atoms with Gasteiger partial charge in [0.2, 0.25) is 29.5 Å². The smallest absolute Gasteiger partial charge is 0.336 e. The van der Waals surface area contributed by atoms with Gasteiger partial charge in [-0.05, 0) is 69.0 Å². The van der Waals surface area contributed by atoms with Gasteiger partial charge in [-0.15, -0.1) is 0 Å². The van der Waals surface area contributed by atoms with Gasteiger partial charge in [0, 0.05) is 43.1 Å². The molecule has 0 aliphatic rings. The van der Waals surface area contributed by atoms with Crippen molar-refractivity contribution >= 4 is 52.2 Å². The zero-order valence-electron chi connectivity index (χ0n) is 27.7. The summed E-state index contributed by atoms with van der Waals surface area (Å²) in [6, 6.07) is 7.97. The molecule has 3 rings (SSSR count). The second-order valence-electron chi connectivity index (χ2n) is 11.5. The van der Waals surface area contributed by atoms with Crippen LogP contribution in [0.25, 0.3) is 11.0 Å². The van der Waals surface area contributed by atoms with Gasteiger partial charge in [0.05, 0.1) is 0 Å². The molecule has 0 saturated carbocycles. The lowest BCUT2D eigenvalue weighted by Crippen LogP contribution is -2.56. The third-order valence-electron chi connectivity index (χ3n) is 7.37. The number of nitrogens with two attached hydrogens (primary N) is 2. The number of aliphatic imine (C=N–C) groups is 1. The van der Waals surface area contributed by atoms with E-state index in [0.29, 0.717) is 28.6 Å². The first-order chi connectivity index (χ1) is 23.1. The van der Waals surface area contributed by atoms with Crippen molar-refractivity contribution in [1.82, 2.24) is 21.3 Å². The molecule has 4 unspecified atom stereocenters. The number of phenolic OH excluding ortho intramolecular Hbond substituents is 1. The summed E-state index contributed by atoms with van der Waals surface area (Å²) < 4.78 is 5.26. The van der Waals surface area contributed by atoms with Crippen LogP contribution in [0.3, 0.4) is 0 Å². The number of hydrogen-bond acceptors (Lipinski definition) is 9. The van der Waals surface area contributed by atoms with Gasteiger partial charge in [-0.2, -0.15) is 0 Å². The molecule has 1 heterocycles. The van der Waals surface area contributed by atoms with Gasteiger partial charge in [0.15, 0.2) is 5.96 Å². The Bertz CT molecular complexity index is 1770. The number of hydrogen-bond donors (Lipinski definition) is 8. The van der Waals surface area contributed by atoms with E-state index in [4.69, 9.17) is 15.9 Å². The van der Waals surface area contributed by atoms with Crippen LogP contribution in [0.15, 0.2) is 62.7 Å². The topological polar surface area (TPSA) is 260 Å². The second-order valence-corrected chi connectivity index (χ2v) is 11.5. The first-order valence-corrected chi connectivity index (χ1v) is 15.5. The Labute approximate surface area is 282 Å². The zero-order chi connectivity index (χ0) is 36.2. The Morgan fingerprint density at radius 2 is 1.47 bits per heavy atom. The van der Waals surface area contributed by atoms with Crippen LogP contribution in [0.2, 0.25) is 0 Å². The van der Waals surface area contributed by atoms with Gasteiger partial charge >= 0.3 is 5.63 Å². The van der Waals surface area contributed by atoms with E-state index in [-0.39, 0.29) is 36.7 Å². The number of anilines is 1. The summed E-state index contributed by atoms with van der Waals surface area (Å²) >= 11 is 0. The number of fused-ring (bicyclic) bond motifs is 1. The van der Waals surface area contributed by atoms with Crippen LogP contribution < -0.4 is 43.7 Å². The monoisotopic (exact) mass is 678 g/mol. The number of amides is 5. The molecule has 2 aromatic carbocycles. The molecule has 0 aliphatic carbocycles. The molecule has 3 aromatic rings. The minimum atomic E-state index is -1.12. The largest absolute Gasteiger partial charge is 0.508 e. The van der Waals surface area contributed by atoms with Gasteiger partial charge in [-0.25, -0.2) is 4.79 Å². The highest BCUT2D eigenvalue weighted by molar-refractivity contribution is 6.00. The van der Waals surface area contributed by atoms with E-state index in [1.807, 2.05) is 0 Å². The Balaban J connectivity index is 1.65. The van der Waals surface area contributed by atoms with Crippen molar-refractivity contribution in [2.45, 2.75) is 71.1 Å². The number of carbonyl (C=O) groups is 5. The quantitative estimate of drug-likeness (QED) is 0.0463. The third kappa shape index (κ3) is 11.7. The molecule has 0 saturated heterocycles. The fourth-order valence-electron chi connectivity index (χ4n) is 4.81. The highest BCUT2D eigenvalue weighted by Crippen LogP contribution is 2.21. The average molecular weight is 679 g/mol. The maximum absolute atomic E-state index is 13.3. The van der Waals surface area contributed by atoms with E-state index in [0.717, 1.165) is 0 Å². The molecular weight excluding hydrogens is 636 g/mol. The lowest BCUT2D eigenvalue weighted by atomic mass is 10.0. The van der Waals surface area contributed by atoms with Gasteiger partial charge in [-0.3, -0.25) is 29.0 Å². The lowest BCUT2D eigenvalue weighted by Gasteiger charge is -2.23. The number of phenols is 1. The molecule has 0 aliphatic heterocycles. The minimum Gasteiger partial charge on any atom is -0.508 e. The Morgan fingerprint density at radius 3 is 2.10 bits per heavy atom. The lowest BCUT2D eigenvalue weighted by molar-refractivity contribution is -0.133. The van der Waals surface area contributed by atoms with Crippen LogP contribution in [0, 0.1) is 6.92 Å². The molecule has 49 heavy (non-hydrogen) atoms. The maximum Gasteiger partial charge on any atom is 0.336 e. The number of guanidine groups is 1. The molecule has 1 aromatic heterocycles. The number of aromatic hydroxyl groups is 1. The number of aryl methyl sites for hydroxylation is 1. The van der Waals surface area contributed by atoms with Crippen molar-refractivity contribution in [3.8, 4) is 5.75 Å². The summed E-state index contributed by atoms with van der Waals surface area (Å²) in [5.41, 5.74) is 12.2. The highest BCUT2D eigenvalue weighted by Gasteiger charge is 2.28. The van der Waals surface area contributed by atoms with Crippen LogP contribution in [-0.4, -0.2) is 71.3 Å². The van der Waals surface area contributed by atoms with Crippen LogP contribution in [0.4, 0.5) is 5.69 Å². The number of rotatable bonds is 15. The average Bonchev–Trinajstić information content (AvgIpc) is 3.02. The Hall–Kier alpha value is -5.93. The second kappa shape index (κ2) is 17.3. The van der Waals surface area contributed by atoms with Gasteiger partial charge in [-0.1, -0.05) is 12.1 Å². The fourth-order valence-corrected chi connectivity index (χ4v) is 4.81. The number of nitrogens with one attached hydrogen (secondary N) is 5. The van der Waals surface area contributed by atoms with Crippen LogP contribution >= 0.6 is 0 Å².